The van der Waals surface area contributed by atoms with E-state index in [0.29, 0.717) is 34.7 Å². The van der Waals surface area contributed by atoms with Crippen molar-refractivity contribution in [2.24, 2.45) is 23.7 Å². The van der Waals surface area contributed by atoms with Crippen molar-refractivity contribution in [1.82, 2.24) is 5.32 Å². The van der Waals surface area contributed by atoms with E-state index in [1.54, 1.807) is 35.9 Å². The van der Waals surface area contributed by atoms with Crippen LogP contribution in [0.5, 0.6) is 11.5 Å². The molecular weight excluding hydrogens is 715 g/mol. The first-order chi connectivity index (χ1) is 24.9. The van der Waals surface area contributed by atoms with Gasteiger partial charge >= 0.3 is 5.97 Å². The van der Waals surface area contributed by atoms with Crippen LogP contribution in [0.4, 0.5) is 0 Å². The lowest BCUT2D eigenvalue weighted by atomic mass is 9.51. The van der Waals surface area contributed by atoms with E-state index in [1.807, 2.05) is 0 Å². The number of carbonyl (C=O) groups is 1. The molecule has 4 aliphatic rings. The van der Waals surface area contributed by atoms with E-state index in [-0.39, 0.29) is 55.8 Å². The number of nitrogens with one attached hydrogen (secondary N) is 1. The zero-order valence-corrected chi connectivity index (χ0v) is 31.6. The second-order valence-electron chi connectivity index (χ2n) is 14.9. The molecule has 0 radical (unpaired) electrons. The number of aliphatic hydroxyl groups excluding tert-OH is 4. The van der Waals surface area contributed by atoms with E-state index in [2.05, 4.69) is 19.2 Å². The Bertz CT molecular complexity index is 1570. The van der Waals surface area contributed by atoms with E-state index in [9.17, 15) is 35.4 Å². The van der Waals surface area contributed by atoms with Crippen LogP contribution >= 0.6 is 21.6 Å². The van der Waals surface area contributed by atoms with E-state index in [1.165, 1.54) is 23.1 Å². The van der Waals surface area contributed by atoms with Crippen molar-refractivity contribution in [2.75, 3.05) is 44.5 Å². The quantitative estimate of drug-likeness (QED) is 0.112. The molecule has 1 aromatic carbocycles. The minimum Gasteiger partial charge on any atom is -0.485 e. The van der Waals surface area contributed by atoms with Gasteiger partial charge in [-0.25, -0.2) is 0 Å². The fraction of sp³-hybridized carbons (Fsp3) is 0.703. The summed E-state index contributed by atoms with van der Waals surface area (Å²) in [5.74, 6) is -1.56. The number of allylic oxidation sites excluding steroid dienone is 1. The number of furan rings is 1. The van der Waals surface area contributed by atoms with Gasteiger partial charge in [0.15, 0.2) is 16.9 Å². The molecule has 290 valence electrons. The Hall–Kier alpha value is -2.05. The minimum atomic E-state index is -2.42. The summed E-state index contributed by atoms with van der Waals surface area (Å²) < 4.78 is 30.9. The van der Waals surface area contributed by atoms with Crippen molar-refractivity contribution in [3.8, 4) is 11.5 Å². The number of benzene rings is 1. The van der Waals surface area contributed by atoms with E-state index in [4.69, 9.17) is 23.4 Å². The van der Waals surface area contributed by atoms with Crippen LogP contribution in [0.2, 0.25) is 0 Å². The van der Waals surface area contributed by atoms with E-state index in [0.717, 1.165) is 12.8 Å². The Kier molecular flexibility index (Phi) is 12.5. The van der Waals surface area contributed by atoms with Gasteiger partial charge in [0, 0.05) is 54.3 Å². The van der Waals surface area contributed by atoms with Crippen LogP contribution in [0.15, 0.2) is 35.0 Å². The van der Waals surface area contributed by atoms with Gasteiger partial charge in [0.05, 0.1) is 25.6 Å². The highest BCUT2D eigenvalue weighted by Crippen LogP contribution is 2.60. The summed E-state index contributed by atoms with van der Waals surface area (Å²) in [5, 5.41) is 74.6. The van der Waals surface area contributed by atoms with Crippen molar-refractivity contribution in [1.29, 1.82) is 0 Å². The van der Waals surface area contributed by atoms with Crippen LogP contribution in [0, 0.1) is 23.7 Å². The molecule has 0 spiro atoms. The van der Waals surface area contributed by atoms with Gasteiger partial charge < -0.3 is 59.3 Å². The number of carbonyl (C=O) groups excluding carboxylic acids is 1. The number of fused-ring (bicyclic) bond motifs is 11. The third kappa shape index (κ3) is 7.23. The van der Waals surface area contributed by atoms with Gasteiger partial charge in [0.25, 0.3) is 0 Å². The predicted molar refractivity (Wildman–Crippen MR) is 196 cm³/mol. The number of aryl methyl sites for hydroxylation is 1. The third-order valence-electron chi connectivity index (χ3n) is 11.2. The molecule has 15 heteroatoms. The first kappa shape index (κ1) is 39.6. The second-order valence-corrected chi connectivity index (χ2v) is 17.4. The van der Waals surface area contributed by atoms with Gasteiger partial charge in [-0.15, -0.1) is 0 Å². The lowest BCUT2D eigenvalue weighted by molar-refractivity contribution is -0.416. The zero-order chi connectivity index (χ0) is 37.3. The normalized spacial score (nSPS) is 36.5. The van der Waals surface area contributed by atoms with Crippen LogP contribution in [-0.4, -0.2) is 122 Å². The number of hydrogen-bond acceptors (Lipinski definition) is 15. The molecule has 2 fully saturated rings. The molecule has 0 unspecified atom stereocenters. The van der Waals surface area contributed by atoms with Crippen LogP contribution in [0.1, 0.15) is 52.0 Å². The molecule has 2 aromatic rings. The highest BCUT2D eigenvalue weighted by Gasteiger charge is 2.76. The molecule has 10 atom stereocenters. The Morgan fingerprint density at radius 3 is 2.69 bits per heavy atom. The monoisotopic (exact) mass is 767 g/mol. The van der Waals surface area contributed by atoms with E-state index >= 15 is 0 Å². The SMILES string of the molecule is CCOC(=O)CCc1cc2ccoc2c2c1O[C@H]1O[C@@](CO)(CSSC[C@@H](CCC(C)C)NCCO2)[C@]2(O)C[C@@H]3C=C[C@H](O)[C@@H](CO)[C@@H]3[C@]1(O)[C@H]2O. The summed E-state index contributed by atoms with van der Waals surface area (Å²) in [5.41, 5.74) is -5.57. The largest absolute Gasteiger partial charge is 0.485 e. The Morgan fingerprint density at radius 1 is 1.15 bits per heavy atom. The van der Waals surface area contributed by atoms with Crippen LogP contribution in [0.25, 0.3) is 11.0 Å². The highest BCUT2D eigenvalue weighted by molar-refractivity contribution is 8.76. The molecule has 52 heavy (non-hydrogen) atoms. The highest BCUT2D eigenvalue weighted by atomic mass is 33.1. The van der Waals surface area contributed by atoms with Crippen molar-refractivity contribution in [3.63, 3.8) is 0 Å². The van der Waals surface area contributed by atoms with Gasteiger partial charge in [-0.2, -0.15) is 0 Å². The van der Waals surface area contributed by atoms with Gasteiger partial charge in [0.2, 0.25) is 12.0 Å². The number of rotatable bonds is 9. The zero-order valence-electron chi connectivity index (χ0n) is 29.9. The molecule has 2 aliphatic carbocycles. The molecule has 6 rings (SSSR count). The number of aliphatic hydroxyl groups is 6. The first-order valence-corrected chi connectivity index (χ1v) is 20.8. The average molecular weight is 768 g/mol. The molecule has 1 saturated heterocycles. The Labute approximate surface area is 311 Å². The first-order valence-electron chi connectivity index (χ1n) is 18.3. The summed E-state index contributed by atoms with van der Waals surface area (Å²) in [4.78, 5) is 12.6. The predicted octanol–water partition coefficient (Wildman–Crippen LogP) is 2.56. The molecule has 7 N–H and O–H groups in total. The van der Waals surface area contributed by atoms with Gasteiger partial charge in [-0.3, -0.25) is 4.79 Å². The van der Waals surface area contributed by atoms with E-state index < -0.39 is 72.2 Å². The number of ether oxygens (including phenoxy) is 4. The average Bonchev–Trinajstić information content (AvgIpc) is 3.59. The Morgan fingerprint density at radius 2 is 1.96 bits per heavy atom. The number of hydrogen-bond donors (Lipinski definition) is 7. The maximum Gasteiger partial charge on any atom is 0.306 e. The van der Waals surface area contributed by atoms with Gasteiger partial charge in [-0.1, -0.05) is 47.6 Å². The molecule has 2 aliphatic heterocycles. The third-order valence-corrected chi connectivity index (χ3v) is 13.8. The smallest absolute Gasteiger partial charge is 0.306 e. The summed E-state index contributed by atoms with van der Waals surface area (Å²) in [6.07, 6.45) is 1.77. The summed E-state index contributed by atoms with van der Waals surface area (Å²) in [6.45, 7) is 5.72. The molecule has 3 heterocycles. The van der Waals surface area contributed by atoms with Crippen molar-refractivity contribution >= 4 is 38.5 Å². The van der Waals surface area contributed by atoms with Gasteiger partial charge in [-0.05, 0) is 62.1 Å². The maximum absolute atomic E-state index is 12.9. The topological polar surface area (TPSA) is 201 Å². The molecular formula is C37H53NO12S2. The van der Waals surface area contributed by atoms with Gasteiger partial charge in [0.1, 0.15) is 23.9 Å². The Balaban J connectivity index is 1.50. The maximum atomic E-state index is 12.9. The van der Waals surface area contributed by atoms with Crippen LogP contribution in [0.3, 0.4) is 0 Å². The summed E-state index contributed by atoms with van der Waals surface area (Å²) in [7, 11) is 2.94. The van der Waals surface area contributed by atoms with Crippen LogP contribution in [-0.2, 0) is 20.7 Å². The lowest BCUT2D eigenvalue weighted by Gasteiger charge is -2.66. The standard InChI is InChI=1S/C37H53NO12S2/c1-4-46-28(42)10-7-22-15-23-11-13-47-30(23)32-31(22)49-34-37(45)29-24(6-9-27(41)26(29)17-39)16-36(44,33(37)43)35(19-40,50-34)20-52-51-18-25(8-5-21(2)3)38-12-14-48-32/h6,9,11,13,15,21,24-27,29,33-34,38-41,43-45H,4-5,7-8,10,12,14,16-20H2,1-3H3/t24-,25+,26+,27-,29+,33-,34-,35-,36-,37-/m0/s1. The minimum absolute atomic E-state index is 0.00698. The summed E-state index contributed by atoms with van der Waals surface area (Å²) in [6, 6.07) is 3.67. The fourth-order valence-electron chi connectivity index (χ4n) is 8.41. The molecule has 13 nitrogen and oxygen atoms in total. The van der Waals surface area contributed by atoms with Crippen molar-refractivity contribution in [2.45, 2.75) is 94.2 Å². The molecule has 0 amide bonds. The van der Waals surface area contributed by atoms with Crippen LogP contribution < -0.4 is 14.8 Å². The molecule has 1 aromatic heterocycles. The summed E-state index contributed by atoms with van der Waals surface area (Å²) >= 11 is 0. The molecule has 4 bridgehead atoms. The second kappa shape index (κ2) is 16.4. The van der Waals surface area contributed by atoms with Crippen molar-refractivity contribution in [3.05, 3.63) is 36.1 Å². The van der Waals surface area contributed by atoms with Crippen molar-refractivity contribution < 1.29 is 58.8 Å². The fourth-order valence-corrected chi connectivity index (χ4v) is 11.2. The number of esters is 1. The lowest BCUT2D eigenvalue weighted by Crippen LogP contribution is -2.85. The molecule has 1 saturated carbocycles.